The summed E-state index contributed by atoms with van der Waals surface area (Å²) < 4.78 is 5.50. The van der Waals surface area contributed by atoms with Crippen LogP contribution in [0.25, 0.3) is 0 Å². The molecule has 1 heterocycles. The van der Waals surface area contributed by atoms with Gasteiger partial charge in [0, 0.05) is 25.6 Å². The maximum Gasteiger partial charge on any atom is 0.305 e. The van der Waals surface area contributed by atoms with E-state index in [1.807, 2.05) is 11.8 Å². The van der Waals surface area contributed by atoms with E-state index in [9.17, 15) is 9.59 Å². The van der Waals surface area contributed by atoms with Crippen molar-refractivity contribution in [3.05, 3.63) is 0 Å². The molecule has 1 unspecified atom stereocenters. The maximum absolute atomic E-state index is 12.0. The Bertz CT molecular complexity index is 312. The molecular formula is C14H26N2O4. The van der Waals surface area contributed by atoms with Crippen LogP contribution in [0.5, 0.6) is 0 Å². The van der Waals surface area contributed by atoms with Crippen molar-refractivity contribution < 1.29 is 19.4 Å². The fourth-order valence-corrected chi connectivity index (χ4v) is 2.32. The third kappa shape index (κ3) is 6.86. The molecule has 6 heteroatoms. The normalized spacial score (nSPS) is 18.0. The number of carboxylic acids is 1. The summed E-state index contributed by atoms with van der Waals surface area (Å²) in [6.45, 7) is 3.61. The fraction of sp³-hybridized carbons (Fsp3) is 0.857. The van der Waals surface area contributed by atoms with Gasteiger partial charge in [0.25, 0.3) is 0 Å². The summed E-state index contributed by atoms with van der Waals surface area (Å²) in [6.07, 6.45) is 3.98. The number of likely N-dealkylation sites (tertiary alicyclic amines) is 1. The maximum atomic E-state index is 12.0. The minimum atomic E-state index is -0.841. The molecule has 0 saturated carbocycles. The number of hydrogen-bond acceptors (Lipinski definition) is 4. The summed E-state index contributed by atoms with van der Waals surface area (Å²) in [7, 11) is 0. The van der Waals surface area contributed by atoms with Crippen LogP contribution in [0, 0.1) is 0 Å². The van der Waals surface area contributed by atoms with Crippen molar-refractivity contribution >= 4 is 11.9 Å². The number of piperidine rings is 1. The second kappa shape index (κ2) is 8.92. The van der Waals surface area contributed by atoms with Crippen LogP contribution >= 0.6 is 0 Å². The number of rotatable bonds is 8. The molecule has 20 heavy (non-hydrogen) atoms. The first-order valence-electron chi connectivity index (χ1n) is 7.35. The number of carbonyl (C=O) groups is 2. The molecule has 1 atom stereocenters. The van der Waals surface area contributed by atoms with Crippen molar-refractivity contribution in [3.8, 4) is 0 Å². The van der Waals surface area contributed by atoms with Gasteiger partial charge < -0.3 is 20.5 Å². The molecule has 0 aliphatic carbocycles. The first-order chi connectivity index (χ1) is 9.49. The minimum Gasteiger partial charge on any atom is -0.481 e. The van der Waals surface area contributed by atoms with Gasteiger partial charge in [-0.05, 0) is 32.6 Å². The van der Waals surface area contributed by atoms with Crippen molar-refractivity contribution in [1.29, 1.82) is 0 Å². The lowest BCUT2D eigenvalue weighted by Gasteiger charge is -2.32. The Morgan fingerprint density at radius 2 is 2.00 bits per heavy atom. The Kier molecular flexibility index (Phi) is 7.54. The number of carbonyl (C=O) groups excluding carboxylic acids is 1. The van der Waals surface area contributed by atoms with E-state index in [-0.39, 0.29) is 31.1 Å². The number of carboxylic acid groups (broad SMARTS) is 1. The van der Waals surface area contributed by atoms with Crippen molar-refractivity contribution in [1.82, 2.24) is 4.90 Å². The molecule has 1 aliphatic rings. The Morgan fingerprint density at radius 1 is 1.35 bits per heavy atom. The lowest BCUT2D eigenvalue weighted by atomic mass is 10.1. The standard InChI is InChI=1S/C14H26N2O4/c1-11(15)3-2-4-13(17)16-8-5-12(6-9-16)20-10-7-14(18)19/h11-12H,2-10,15H2,1H3,(H,18,19). The van der Waals surface area contributed by atoms with Gasteiger partial charge in [-0.15, -0.1) is 0 Å². The summed E-state index contributed by atoms with van der Waals surface area (Å²) in [5, 5.41) is 8.54. The molecule has 1 rings (SSSR count). The van der Waals surface area contributed by atoms with Crippen LogP contribution < -0.4 is 5.73 Å². The molecule has 0 spiro atoms. The first kappa shape index (κ1) is 16.9. The van der Waals surface area contributed by atoms with Crippen LogP contribution in [-0.4, -0.2) is 53.7 Å². The molecule has 0 bridgehead atoms. The monoisotopic (exact) mass is 286 g/mol. The smallest absolute Gasteiger partial charge is 0.305 e. The van der Waals surface area contributed by atoms with E-state index >= 15 is 0 Å². The number of nitrogens with two attached hydrogens (primary N) is 1. The number of amides is 1. The highest BCUT2D eigenvalue weighted by Gasteiger charge is 2.22. The summed E-state index contributed by atoms with van der Waals surface area (Å²) in [6, 6.07) is 0.149. The summed E-state index contributed by atoms with van der Waals surface area (Å²) >= 11 is 0. The van der Waals surface area contributed by atoms with Crippen molar-refractivity contribution in [2.75, 3.05) is 19.7 Å². The topological polar surface area (TPSA) is 92.9 Å². The van der Waals surface area contributed by atoms with E-state index in [0.29, 0.717) is 19.5 Å². The van der Waals surface area contributed by atoms with Crippen molar-refractivity contribution in [3.63, 3.8) is 0 Å². The zero-order valence-electron chi connectivity index (χ0n) is 12.2. The van der Waals surface area contributed by atoms with E-state index in [1.54, 1.807) is 0 Å². The van der Waals surface area contributed by atoms with Gasteiger partial charge in [0.15, 0.2) is 0 Å². The minimum absolute atomic E-state index is 0.0381. The zero-order valence-corrected chi connectivity index (χ0v) is 12.2. The Morgan fingerprint density at radius 3 is 2.55 bits per heavy atom. The van der Waals surface area contributed by atoms with Crippen LogP contribution in [0.3, 0.4) is 0 Å². The van der Waals surface area contributed by atoms with Crippen molar-refractivity contribution in [2.45, 2.75) is 57.6 Å². The quantitative estimate of drug-likeness (QED) is 0.694. The van der Waals surface area contributed by atoms with Crippen LogP contribution in [0.15, 0.2) is 0 Å². The molecule has 0 radical (unpaired) electrons. The highest BCUT2D eigenvalue weighted by molar-refractivity contribution is 5.76. The molecule has 3 N–H and O–H groups in total. The molecule has 0 aromatic heterocycles. The number of nitrogens with zero attached hydrogens (tertiary/aromatic N) is 1. The lowest BCUT2D eigenvalue weighted by molar-refractivity contribution is -0.139. The third-order valence-electron chi connectivity index (χ3n) is 3.51. The zero-order chi connectivity index (χ0) is 15.0. The SMILES string of the molecule is CC(N)CCCC(=O)N1CCC(OCCC(=O)O)CC1. The van der Waals surface area contributed by atoms with Gasteiger partial charge in [-0.25, -0.2) is 0 Å². The van der Waals surface area contributed by atoms with Gasteiger partial charge in [0.05, 0.1) is 19.1 Å². The van der Waals surface area contributed by atoms with Crippen LogP contribution in [-0.2, 0) is 14.3 Å². The lowest BCUT2D eigenvalue weighted by Crippen LogP contribution is -2.41. The summed E-state index contributed by atoms with van der Waals surface area (Å²) in [5.41, 5.74) is 5.66. The van der Waals surface area contributed by atoms with E-state index in [4.69, 9.17) is 15.6 Å². The molecule has 1 fully saturated rings. The highest BCUT2D eigenvalue weighted by atomic mass is 16.5. The van der Waals surface area contributed by atoms with Crippen LogP contribution in [0.4, 0.5) is 0 Å². The molecular weight excluding hydrogens is 260 g/mol. The Hall–Kier alpha value is -1.14. The molecule has 1 amide bonds. The molecule has 1 saturated heterocycles. The van der Waals surface area contributed by atoms with Gasteiger partial charge in [0.2, 0.25) is 5.91 Å². The average molecular weight is 286 g/mol. The van der Waals surface area contributed by atoms with Crippen LogP contribution in [0.1, 0.15) is 45.4 Å². The molecule has 0 aromatic rings. The third-order valence-corrected chi connectivity index (χ3v) is 3.51. The number of aliphatic carboxylic acids is 1. The molecule has 6 nitrogen and oxygen atoms in total. The first-order valence-corrected chi connectivity index (χ1v) is 7.35. The Balaban J connectivity index is 2.14. The predicted octanol–water partition coefficient (Wildman–Crippen LogP) is 0.986. The van der Waals surface area contributed by atoms with Gasteiger partial charge >= 0.3 is 5.97 Å². The Labute approximate surface area is 120 Å². The fourth-order valence-electron chi connectivity index (χ4n) is 2.32. The highest BCUT2D eigenvalue weighted by Crippen LogP contribution is 2.15. The number of ether oxygens (including phenoxy) is 1. The molecule has 116 valence electrons. The van der Waals surface area contributed by atoms with Gasteiger partial charge in [-0.1, -0.05) is 0 Å². The van der Waals surface area contributed by atoms with E-state index in [0.717, 1.165) is 25.7 Å². The van der Waals surface area contributed by atoms with Gasteiger partial charge in [0.1, 0.15) is 0 Å². The largest absolute Gasteiger partial charge is 0.481 e. The molecule has 1 aliphatic heterocycles. The van der Waals surface area contributed by atoms with E-state index in [1.165, 1.54) is 0 Å². The van der Waals surface area contributed by atoms with E-state index < -0.39 is 5.97 Å². The van der Waals surface area contributed by atoms with Gasteiger partial charge in [-0.3, -0.25) is 9.59 Å². The average Bonchev–Trinajstić information content (AvgIpc) is 2.38. The van der Waals surface area contributed by atoms with E-state index in [2.05, 4.69) is 0 Å². The second-order valence-corrected chi connectivity index (χ2v) is 5.46. The second-order valence-electron chi connectivity index (χ2n) is 5.46. The number of hydrogen-bond donors (Lipinski definition) is 2. The summed E-state index contributed by atoms with van der Waals surface area (Å²) in [5.74, 6) is -0.651. The summed E-state index contributed by atoms with van der Waals surface area (Å²) in [4.78, 5) is 24.2. The molecule has 0 aromatic carbocycles. The predicted molar refractivity (Wildman–Crippen MR) is 75.3 cm³/mol. The van der Waals surface area contributed by atoms with Gasteiger partial charge in [-0.2, -0.15) is 0 Å². The van der Waals surface area contributed by atoms with Crippen molar-refractivity contribution in [2.24, 2.45) is 5.73 Å². The van der Waals surface area contributed by atoms with Crippen LogP contribution in [0.2, 0.25) is 0 Å².